The van der Waals surface area contributed by atoms with Crippen molar-refractivity contribution in [1.29, 1.82) is 0 Å². The van der Waals surface area contributed by atoms with Crippen molar-refractivity contribution in [2.45, 2.75) is 17.5 Å². The molecule has 0 fully saturated rings. The number of amides is 1. The Morgan fingerprint density at radius 1 is 1.00 bits per heavy atom. The molecular formula is C22H19F3N2O5S. The van der Waals surface area contributed by atoms with E-state index in [9.17, 15) is 26.4 Å². The lowest BCUT2D eigenvalue weighted by Gasteiger charge is -2.29. The second-order valence-electron chi connectivity index (χ2n) is 7.38. The van der Waals surface area contributed by atoms with Gasteiger partial charge in [-0.1, -0.05) is 30.3 Å². The zero-order valence-electron chi connectivity index (χ0n) is 17.5. The fraction of sp³-hybridized carbons (Fsp3) is 0.227. The van der Waals surface area contributed by atoms with Crippen LogP contribution in [-0.2, 0) is 26.8 Å². The fourth-order valence-corrected chi connectivity index (χ4v) is 4.60. The molecular weight excluding hydrogens is 461 g/mol. The maximum Gasteiger partial charge on any atom is 0.517 e. The number of rotatable bonds is 5. The lowest BCUT2D eigenvalue weighted by atomic mass is 9.80. The van der Waals surface area contributed by atoms with Crippen LogP contribution in [-0.4, -0.2) is 38.4 Å². The molecule has 0 atom stereocenters. The molecule has 2 aliphatic rings. The highest BCUT2D eigenvalue weighted by Gasteiger charge is 2.54. The molecule has 11 heteroatoms. The number of halogens is 3. The van der Waals surface area contributed by atoms with Gasteiger partial charge in [0.1, 0.15) is 16.9 Å². The van der Waals surface area contributed by atoms with E-state index in [1.165, 1.54) is 19.1 Å². The summed E-state index contributed by atoms with van der Waals surface area (Å²) in [6.45, 7) is 0.178. The third-order valence-electron chi connectivity index (χ3n) is 5.54. The van der Waals surface area contributed by atoms with Gasteiger partial charge in [0.05, 0.1) is 26.5 Å². The van der Waals surface area contributed by atoms with Gasteiger partial charge >= 0.3 is 15.5 Å². The molecule has 1 spiro atoms. The predicted octanol–water partition coefficient (Wildman–Crippen LogP) is 3.68. The van der Waals surface area contributed by atoms with Crippen molar-refractivity contribution in [3.05, 3.63) is 78.1 Å². The average molecular weight is 480 g/mol. The molecule has 0 saturated heterocycles. The zero-order valence-corrected chi connectivity index (χ0v) is 18.4. The summed E-state index contributed by atoms with van der Waals surface area (Å²) in [5, 5.41) is 0. The minimum atomic E-state index is -5.65. The normalized spacial score (nSPS) is 16.9. The second-order valence-corrected chi connectivity index (χ2v) is 9.22. The van der Waals surface area contributed by atoms with Gasteiger partial charge in [-0.25, -0.2) is 4.31 Å². The molecule has 0 radical (unpaired) electrons. The SMILES string of the molecule is COc1cc(OC)c2c(c1)N(Cc1ccccc1)C(=O)C21C=CN(S(=O)(=O)C(F)(F)F)C=C1. The number of sulfonamides is 1. The van der Waals surface area contributed by atoms with Gasteiger partial charge in [-0.15, -0.1) is 0 Å². The van der Waals surface area contributed by atoms with E-state index in [1.54, 1.807) is 12.1 Å². The highest BCUT2D eigenvalue weighted by atomic mass is 32.2. The van der Waals surface area contributed by atoms with E-state index in [4.69, 9.17) is 9.47 Å². The van der Waals surface area contributed by atoms with Crippen LogP contribution < -0.4 is 14.4 Å². The zero-order chi connectivity index (χ0) is 24.0. The van der Waals surface area contributed by atoms with Crippen LogP contribution in [0.1, 0.15) is 11.1 Å². The molecule has 0 N–H and O–H groups in total. The number of carbonyl (C=O) groups excluding carboxylic acids is 1. The first kappa shape index (κ1) is 22.7. The van der Waals surface area contributed by atoms with Crippen molar-refractivity contribution in [1.82, 2.24) is 4.31 Å². The standard InChI is InChI=1S/C22H19F3N2O5S/c1-31-16-12-17-19(18(13-16)32-2)21(20(28)27(17)14-15-6-4-3-5-7-15)8-10-26(11-9-21)33(29,30)22(23,24)25/h3-13H,14H2,1-2H3. The number of anilines is 1. The Balaban J connectivity index is 1.85. The maximum absolute atomic E-state index is 13.7. The third-order valence-corrected chi connectivity index (χ3v) is 6.92. The van der Waals surface area contributed by atoms with E-state index < -0.39 is 26.9 Å². The lowest BCUT2D eigenvalue weighted by Crippen LogP contribution is -2.41. The quantitative estimate of drug-likeness (QED) is 0.653. The minimum absolute atomic E-state index is 0.0427. The summed E-state index contributed by atoms with van der Waals surface area (Å²) in [6, 6.07) is 12.3. The van der Waals surface area contributed by atoms with Gasteiger partial charge in [-0.3, -0.25) is 4.79 Å². The number of fused-ring (bicyclic) bond motifs is 2. The number of hydrogen-bond acceptors (Lipinski definition) is 5. The number of hydrogen-bond donors (Lipinski definition) is 0. The van der Waals surface area contributed by atoms with Crippen LogP contribution in [0, 0.1) is 0 Å². The second kappa shape index (κ2) is 7.84. The summed E-state index contributed by atoms with van der Waals surface area (Å²) < 4.78 is 73.5. The lowest BCUT2D eigenvalue weighted by molar-refractivity contribution is -0.120. The van der Waals surface area contributed by atoms with E-state index in [2.05, 4.69) is 0 Å². The molecule has 33 heavy (non-hydrogen) atoms. The first-order valence-corrected chi connectivity index (χ1v) is 11.1. The Morgan fingerprint density at radius 3 is 2.18 bits per heavy atom. The Hall–Kier alpha value is -3.47. The smallest absolute Gasteiger partial charge is 0.497 e. The molecule has 0 bridgehead atoms. The molecule has 0 saturated carbocycles. The molecule has 174 valence electrons. The fourth-order valence-electron chi connectivity index (χ4n) is 3.92. The molecule has 0 unspecified atom stereocenters. The molecule has 0 aliphatic carbocycles. The van der Waals surface area contributed by atoms with E-state index in [1.807, 2.05) is 30.3 Å². The van der Waals surface area contributed by atoms with Crippen LogP contribution in [0.4, 0.5) is 18.9 Å². The highest BCUT2D eigenvalue weighted by Crippen LogP contribution is 2.52. The maximum atomic E-state index is 13.7. The minimum Gasteiger partial charge on any atom is -0.497 e. The predicted molar refractivity (Wildman–Crippen MR) is 114 cm³/mol. The van der Waals surface area contributed by atoms with E-state index in [-0.39, 0.29) is 16.6 Å². The number of nitrogens with zero attached hydrogens (tertiary/aromatic N) is 2. The monoisotopic (exact) mass is 480 g/mol. The molecule has 2 aliphatic heterocycles. The largest absolute Gasteiger partial charge is 0.517 e. The molecule has 7 nitrogen and oxygen atoms in total. The van der Waals surface area contributed by atoms with E-state index in [0.717, 1.165) is 30.1 Å². The highest BCUT2D eigenvalue weighted by molar-refractivity contribution is 7.90. The number of benzene rings is 2. The molecule has 1 amide bonds. The van der Waals surface area contributed by atoms with Gasteiger partial charge in [0, 0.05) is 30.1 Å². The summed E-state index contributed by atoms with van der Waals surface area (Å²) in [4.78, 5) is 15.2. The van der Waals surface area contributed by atoms with Gasteiger partial charge in [0.15, 0.2) is 0 Å². The molecule has 2 aromatic carbocycles. The topological polar surface area (TPSA) is 76.2 Å². The van der Waals surface area contributed by atoms with Crippen LogP contribution in [0.25, 0.3) is 0 Å². The van der Waals surface area contributed by atoms with Crippen molar-refractivity contribution < 1.29 is 35.9 Å². The van der Waals surface area contributed by atoms with Crippen LogP contribution in [0.5, 0.6) is 11.5 Å². The van der Waals surface area contributed by atoms with Gasteiger partial charge in [0.25, 0.3) is 0 Å². The third kappa shape index (κ3) is 3.52. The van der Waals surface area contributed by atoms with Crippen LogP contribution in [0.2, 0.25) is 0 Å². The van der Waals surface area contributed by atoms with Gasteiger partial charge in [0.2, 0.25) is 5.91 Å². The number of alkyl halides is 3. The first-order valence-electron chi connectivity index (χ1n) is 9.66. The first-order chi connectivity index (χ1) is 15.5. The molecule has 2 aromatic rings. The van der Waals surface area contributed by atoms with Crippen molar-refractivity contribution in [2.75, 3.05) is 19.1 Å². The van der Waals surface area contributed by atoms with Crippen molar-refractivity contribution in [3.63, 3.8) is 0 Å². The van der Waals surface area contributed by atoms with Gasteiger partial charge in [-0.05, 0) is 17.7 Å². The Bertz CT molecular complexity index is 1240. The number of carbonyl (C=O) groups is 1. The molecule has 0 aromatic heterocycles. The number of methoxy groups -OCH3 is 2. The molecule has 4 rings (SSSR count). The van der Waals surface area contributed by atoms with Crippen molar-refractivity contribution in [3.8, 4) is 11.5 Å². The summed E-state index contributed by atoms with van der Waals surface area (Å²) in [6.07, 6.45) is 3.75. The molecule has 2 heterocycles. The Kier molecular flexibility index (Phi) is 5.39. The Morgan fingerprint density at radius 2 is 1.64 bits per heavy atom. The van der Waals surface area contributed by atoms with Crippen LogP contribution >= 0.6 is 0 Å². The van der Waals surface area contributed by atoms with E-state index in [0.29, 0.717) is 17.0 Å². The summed E-state index contributed by atoms with van der Waals surface area (Å²) in [7, 11) is -2.80. The Labute approximate surface area is 188 Å². The van der Waals surface area contributed by atoms with Crippen molar-refractivity contribution >= 4 is 21.6 Å². The summed E-state index contributed by atoms with van der Waals surface area (Å²) in [5.41, 5.74) is -5.40. The van der Waals surface area contributed by atoms with Crippen molar-refractivity contribution in [2.24, 2.45) is 0 Å². The van der Waals surface area contributed by atoms with Crippen LogP contribution in [0.3, 0.4) is 0 Å². The van der Waals surface area contributed by atoms with Crippen LogP contribution in [0.15, 0.2) is 67.0 Å². The van der Waals surface area contributed by atoms with Gasteiger partial charge in [-0.2, -0.15) is 21.6 Å². The summed E-state index contributed by atoms with van der Waals surface area (Å²) >= 11 is 0. The summed E-state index contributed by atoms with van der Waals surface area (Å²) in [5.74, 6) is 0.220. The average Bonchev–Trinajstić information content (AvgIpc) is 3.01. The van der Waals surface area contributed by atoms with E-state index >= 15 is 0 Å². The van der Waals surface area contributed by atoms with Gasteiger partial charge < -0.3 is 14.4 Å². The number of ether oxygens (including phenoxy) is 2.